The molecule has 1 saturated heterocycles. The fourth-order valence-electron chi connectivity index (χ4n) is 3.66. The summed E-state index contributed by atoms with van der Waals surface area (Å²) in [5.41, 5.74) is 3.04. The zero-order valence-corrected chi connectivity index (χ0v) is 18.5. The first kappa shape index (κ1) is 22.9. The van der Waals surface area contributed by atoms with Crippen LogP contribution in [0.15, 0.2) is 41.6 Å². The van der Waals surface area contributed by atoms with Crippen LogP contribution in [0.1, 0.15) is 22.3 Å². The Hall–Kier alpha value is -2.82. The minimum atomic E-state index is -3.83. The van der Waals surface area contributed by atoms with Gasteiger partial charge in [-0.15, -0.1) is 0 Å². The number of nitrogens with zero attached hydrogens (tertiary/aromatic N) is 2. The average molecular weight is 447 g/mol. The molecule has 3 rings (SSSR count). The van der Waals surface area contributed by atoms with E-state index in [2.05, 4.69) is 15.6 Å². The second-order valence-electron chi connectivity index (χ2n) is 7.42. The SMILES string of the molecule is Cc1cc(C)c(S(=O)(=O)N2CCO[C@@H]2CNC(=O)C(=O)NCc2cccnc2)c(C)c1. The molecule has 10 heteroatoms. The Bertz CT molecular complexity index is 1050. The molecule has 1 atom stereocenters. The maximum atomic E-state index is 13.3. The Morgan fingerprint density at radius 2 is 1.84 bits per heavy atom. The predicted molar refractivity (Wildman–Crippen MR) is 113 cm³/mol. The molecule has 2 aromatic rings. The maximum absolute atomic E-state index is 13.3. The summed E-state index contributed by atoms with van der Waals surface area (Å²) < 4.78 is 33.3. The van der Waals surface area contributed by atoms with Gasteiger partial charge >= 0.3 is 11.8 Å². The Morgan fingerprint density at radius 3 is 2.48 bits per heavy atom. The van der Waals surface area contributed by atoms with Gasteiger partial charge in [0, 0.05) is 25.5 Å². The molecule has 2 amide bonds. The first-order valence-corrected chi connectivity index (χ1v) is 11.3. The molecule has 1 fully saturated rings. The highest BCUT2D eigenvalue weighted by molar-refractivity contribution is 7.89. The van der Waals surface area contributed by atoms with E-state index >= 15 is 0 Å². The zero-order valence-electron chi connectivity index (χ0n) is 17.7. The number of rotatable bonds is 6. The summed E-state index contributed by atoms with van der Waals surface area (Å²) in [6, 6.07) is 7.14. The summed E-state index contributed by atoms with van der Waals surface area (Å²) in [5.74, 6) is -1.68. The van der Waals surface area contributed by atoms with Gasteiger partial charge in [-0.05, 0) is 43.5 Å². The summed E-state index contributed by atoms with van der Waals surface area (Å²) in [7, 11) is -3.83. The molecule has 0 bridgehead atoms. The van der Waals surface area contributed by atoms with E-state index in [1.54, 1.807) is 38.4 Å². The summed E-state index contributed by atoms with van der Waals surface area (Å²) in [6.45, 7) is 5.82. The number of benzene rings is 1. The zero-order chi connectivity index (χ0) is 22.6. The Balaban J connectivity index is 1.63. The van der Waals surface area contributed by atoms with Crippen LogP contribution in [0.4, 0.5) is 0 Å². The molecule has 1 aromatic heterocycles. The third-order valence-electron chi connectivity index (χ3n) is 4.93. The molecule has 0 unspecified atom stereocenters. The van der Waals surface area contributed by atoms with Gasteiger partial charge in [0.25, 0.3) is 0 Å². The van der Waals surface area contributed by atoms with Crippen LogP contribution >= 0.6 is 0 Å². The number of aromatic nitrogens is 1. The van der Waals surface area contributed by atoms with E-state index in [-0.39, 0.29) is 31.1 Å². The number of ether oxygens (including phenoxy) is 1. The molecule has 0 spiro atoms. The van der Waals surface area contributed by atoms with Crippen LogP contribution in [0.2, 0.25) is 0 Å². The number of aryl methyl sites for hydroxylation is 3. The highest BCUT2D eigenvalue weighted by atomic mass is 32.2. The maximum Gasteiger partial charge on any atom is 0.309 e. The van der Waals surface area contributed by atoms with Crippen LogP contribution in [-0.4, -0.2) is 55.4 Å². The van der Waals surface area contributed by atoms with Crippen LogP contribution in [0.3, 0.4) is 0 Å². The van der Waals surface area contributed by atoms with Crippen molar-refractivity contribution in [2.24, 2.45) is 0 Å². The van der Waals surface area contributed by atoms with E-state index in [1.165, 1.54) is 4.31 Å². The summed E-state index contributed by atoms with van der Waals surface area (Å²) in [5, 5.41) is 4.95. The van der Waals surface area contributed by atoms with Crippen molar-refractivity contribution in [1.82, 2.24) is 19.9 Å². The average Bonchev–Trinajstić information content (AvgIpc) is 3.19. The lowest BCUT2D eigenvalue weighted by molar-refractivity contribution is -0.139. The van der Waals surface area contributed by atoms with Gasteiger partial charge in [0.05, 0.1) is 18.0 Å². The smallest absolute Gasteiger partial charge is 0.309 e. The summed E-state index contributed by atoms with van der Waals surface area (Å²) in [6.07, 6.45) is 2.31. The number of carbonyl (C=O) groups excluding carboxylic acids is 2. The second kappa shape index (κ2) is 9.54. The lowest BCUT2D eigenvalue weighted by atomic mass is 10.1. The van der Waals surface area contributed by atoms with E-state index < -0.39 is 28.1 Å². The monoisotopic (exact) mass is 446 g/mol. The van der Waals surface area contributed by atoms with Crippen LogP contribution < -0.4 is 10.6 Å². The van der Waals surface area contributed by atoms with Crippen molar-refractivity contribution < 1.29 is 22.7 Å². The Labute approximate surface area is 181 Å². The molecule has 9 nitrogen and oxygen atoms in total. The molecule has 2 heterocycles. The van der Waals surface area contributed by atoms with Crippen molar-refractivity contribution in [2.75, 3.05) is 19.7 Å². The van der Waals surface area contributed by atoms with Crippen molar-refractivity contribution in [3.8, 4) is 0 Å². The van der Waals surface area contributed by atoms with Crippen molar-refractivity contribution in [1.29, 1.82) is 0 Å². The van der Waals surface area contributed by atoms with Crippen molar-refractivity contribution >= 4 is 21.8 Å². The lowest BCUT2D eigenvalue weighted by Crippen LogP contribution is -2.47. The minimum absolute atomic E-state index is 0.137. The molecule has 1 aliphatic rings. The molecule has 0 saturated carbocycles. The summed E-state index contributed by atoms with van der Waals surface area (Å²) in [4.78, 5) is 28.3. The Kier molecular flexibility index (Phi) is 7.04. The fourth-order valence-corrected chi connectivity index (χ4v) is 5.58. The highest BCUT2D eigenvalue weighted by Crippen LogP contribution is 2.28. The lowest BCUT2D eigenvalue weighted by Gasteiger charge is -2.24. The van der Waals surface area contributed by atoms with Crippen LogP contribution in [-0.2, 0) is 30.9 Å². The number of sulfonamides is 1. The van der Waals surface area contributed by atoms with Gasteiger partial charge in [0.1, 0.15) is 6.23 Å². The third kappa shape index (κ3) is 5.27. The topological polar surface area (TPSA) is 118 Å². The number of pyridine rings is 1. The molecule has 0 radical (unpaired) electrons. The first-order chi connectivity index (χ1) is 14.7. The van der Waals surface area contributed by atoms with E-state index in [9.17, 15) is 18.0 Å². The molecule has 2 N–H and O–H groups in total. The predicted octanol–water partition coefficient (Wildman–Crippen LogP) is 0.786. The number of carbonyl (C=O) groups is 2. The van der Waals surface area contributed by atoms with Crippen molar-refractivity contribution in [3.05, 3.63) is 58.9 Å². The Morgan fingerprint density at radius 1 is 1.16 bits per heavy atom. The second-order valence-corrected chi connectivity index (χ2v) is 9.25. The van der Waals surface area contributed by atoms with Gasteiger partial charge in [-0.25, -0.2) is 8.42 Å². The minimum Gasteiger partial charge on any atom is -0.359 e. The number of nitrogens with one attached hydrogen (secondary N) is 2. The quantitative estimate of drug-likeness (QED) is 0.634. The number of amides is 2. The molecular formula is C21H26N4O5S. The number of hydrogen-bond acceptors (Lipinski definition) is 6. The molecule has 0 aliphatic carbocycles. The summed E-state index contributed by atoms with van der Waals surface area (Å²) >= 11 is 0. The normalized spacial score (nSPS) is 16.8. The van der Waals surface area contributed by atoms with Gasteiger partial charge in [-0.3, -0.25) is 14.6 Å². The molecule has 1 aromatic carbocycles. The number of hydrogen-bond donors (Lipinski definition) is 2. The molecular weight excluding hydrogens is 420 g/mol. The van der Waals surface area contributed by atoms with Crippen molar-refractivity contribution in [2.45, 2.75) is 38.4 Å². The van der Waals surface area contributed by atoms with Gasteiger partial charge in [-0.2, -0.15) is 4.31 Å². The van der Waals surface area contributed by atoms with E-state index in [0.717, 1.165) is 11.1 Å². The molecule has 31 heavy (non-hydrogen) atoms. The van der Waals surface area contributed by atoms with Gasteiger partial charge in [-0.1, -0.05) is 23.8 Å². The van der Waals surface area contributed by atoms with Gasteiger partial charge in [0.15, 0.2) is 0 Å². The molecule has 166 valence electrons. The highest BCUT2D eigenvalue weighted by Gasteiger charge is 2.38. The van der Waals surface area contributed by atoms with Crippen molar-refractivity contribution in [3.63, 3.8) is 0 Å². The van der Waals surface area contributed by atoms with E-state index in [1.807, 2.05) is 19.1 Å². The standard InChI is InChI=1S/C21H26N4O5S/c1-14-9-15(2)19(16(3)10-14)31(28,29)25-7-8-30-18(25)13-24-21(27)20(26)23-12-17-5-4-6-22-11-17/h4-6,9-11,18H,7-8,12-13H2,1-3H3,(H,23,26)(H,24,27)/t18-/m1/s1. The third-order valence-corrected chi connectivity index (χ3v) is 7.13. The van der Waals surface area contributed by atoms with Gasteiger partial charge in [0.2, 0.25) is 10.0 Å². The van der Waals surface area contributed by atoms with Crippen LogP contribution in [0.5, 0.6) is 0 Å². The largest absolute Gasteiger partial charge is 0.359 e. The van der Waals surface area contributed by atoms with Gasteiger partial charge < -0.3 is 15.4 Å². The van der Waals surface area contributed by atoms with Crippen LogP contribution in [0, 0.1) is 20.8 Å². The molecule has 1 aliphatic heterocycles. The van der Waals surface area contributed by atoms with E-state index in [4.69, 9.17) is 4.74 Å². The van der Waals surface area contributed by atoms with Crippen LogP contribution in [0.25, 0.3) is 0 Å². The fraction of sp³-hybridized carbons (Fsp3) is 0.381. The first-order valence-electron chi connectivity index (χ1n) is 9.86. The van der Waals surface area contributed by atoms with E-state index in [0.29, 0.717) is 11.1 Å².